The van der Waals surface area contributed by atoms with E-state index in [1.54, 1.807) is 0 Å². The van der Waals surface area contributed by atoms with Crippen molar-refractivity contribution in [3.05, 3.63) is 0 Å². The lowest BCUT2D eigenvalue weighted by atomic mass is 10.0. The minimum absolute atomic E-state index is 0.311. The van der Waals surface area contributed by atoms with Crippen LogP contribution in [0.1, 0.15) is 64.7 Å². The van der Waals surface area contributed by atoms with Crippen LogP contribution in [0.3, 0.4) is 0 Å². The fraction of sp³-hybridized carbons (Fsp3) is 0.846. The van der Waals surface area contributed by atoms with E-state index in [1.165, 1.54) is 44.9 Å². The molecule has 0 aromatic rings. The molecular formula is C13H26N2. The average molecular weight is 210 g/mol. The van der Waals surface area contributed by atoms with E-state index in [-0.39, 0.29) is 0 Å². The lowest BCUT2D eigenvalue weighted by Crippen LogP contribution is -2.34. The Morgan fingerprint density at radius 3 is 2.27 bits per heavy atom. The third kappa shape index (κ3) is 9.78. The van der Waals surface area contributed by atoms with Crippen LogP contribution in [-0.4, -0.2) is 6.04 Å². The quantitative estimate of drug-likeness (QED) is 0.252. The monoisotopic (exact) mass is 210 g/mol. The molecule has 1 atom stereocenters. The average Bonchev–Trinajstić information content (AvgIpc) is 2.26. The molecule has 0 saturated heterocycles. The largest absolute Gasteiger partial charge is 0.271 e. The molecule has 0 spiro atoms. The van der Waals surface area contributed by atoms with E-state index < -0.39 is 0 Å². The van der Waals surface area contributed by atoms with Crippen molar-refractivity contribution in [2.75, 3.05) is 0 Å². The summed E-state index contributed by atoms with van der Waals surface area (Å²) in [4.78, 5) is 0. The molecule has 0 fully saturated rings. The van der Waals surface area contributed by atoms with E-state index in [0.29, 0.717) is 6.04 Å². The maximum atomic E-state index is 5.39. The van der Waals surface area contributed by atoms with E-state index >= 15 is 0 Å². The van der Waals surface area contributed by atoms with Gasteiger partial charge in [-0.15, -0.1) is 12.3 Å². The predicted octanol–water partition coefficient (Wildman–Crippen LogP) is 2.98. The van der Waals surface area contributed by atoms with E-state index in [4.69, 9.17) is 12.3 Å². The Kier molecular flexibility index (Phi) is 11.2. The minimum atomic E-state index is 0.311. The first-order valence-electron chi connectivity index (χ1n) is 6.24. The molecule has 0 heterocycles. The maximum Gasteiger partial charge on any atom is 0.0319 e. The first kappa shape index (κ1) is 14.5. The van der Waals surface area contributed by atoms with Gasteiger partial charge in [0.05, 0.1) is 0 Å². The van der Waals surface area contributed by atoms with Crippen LogP contribution in [0.25, 0.3) is 0 Å². The summed E-state index contributed by atoms with van der Waals surface area (Å²) >= 11 is 0. The molecule has 0 saturated carbocycles. The van der Waals surface area contributed by atoms with Crippen LogP contribution in [0.2, 0.25) is 0 Å². The molecule has 2 heteroatoms. The van der Waals surface area contributed by atoms with Crippen molar-refractivity contribution in [2.45, 2.75) is 70.8 Å². The Hall–Kier alpha value is -0.520. The van der Waals surface area contributed by atoms with Crippen molar-refractivity contribution in [3.8, 4) is 12.3 Å². The topological polar surface area (TPSA) is 38.0 Å². The van der Waals surface area contributed by atoms with Gasteiger partial charge in [0, 0.05) is 12.5 Å². The van der Waals surface area contributed by atoms with Gasteiger partial charge in [0.1, 0.15) is 0 Å². The zero-order valence-corrected chi connectivity index (χ0v) is 10.1. The SMILES string of the molecule is C#CCC(CCCCCCCCC)NN. The second-order valence-electron chi connectivity index (χ2n) is 4.18. The number of hydrogen-bond acceptors (Lipinski definition) is 2. The van der Waals surface area contributed by atoms with Crippen molar-refractivity contribution in [1.29, 1.82) is 0 Å². The molecule has 0 aromatic heterocycles. The summed E-state index contributed by atoms with van der Waals surface area (Å²) in [6.45, 7) is 2.25. The van der Waals surface area contributed by atoms with E-state index in [0.717, 1.165) is 12.8 Å². The highest BCUT2D eigenvalue weighted by molar-refractivity contribution is 4.88. The molecule has 0 aliphatic carbocycles. The summed E-state index contributed by atoms with van der Waals surface area (Å²) in [6.07, 6.45) is 16.5. The summed E-state index contributed by atoms with van der Waals surface area (Å²) in [5.74, 6) is 8.04. The van der Waals surface area contributed by atoms with Gasteiger partial charge < -0.3 is 0 Å². The Balaban J connectivity index is 3.18. The number of hydrogen-bond donors (Lipinski definition) is 2. The van der Waals surface area contributed by atoms with Gasteiger partial charge in [0.15, 0.2) is 0 Å². The number of hydrazine groups is 1. The Labute approximate surface area is 95.0 Å². The molecule has 2 nitrogen and oxygen atoms in total. The summed E-state index contributed by atoms with van der Waals surface area (Å²) in [6, 6.07) is 0.311. The van der Waals surface area contributed by atoms with Gasteiger partial charge in [-0.05, 0) is 6.42 Å². The molecule has 1 unspecified atom stereocenters. The fourth-order valence-corrected chi connectivity index (χ4v) is 1.73. The van der Waals surface area contributed by atoms with Crippen LogP contribution in [0.5, 0.6) is 0 Å². The Morgan fingerprint density at radius 2 is 1.73 bits per heavy atom. The van der Waals surface area contributed by atoms with Crippen molar-refractivity contribution in [1.82, 2.24) is 5.43 Å². The van der Waals surface area contributed by atoms with Crippen molar-refractivity contribution >= 4 is 0 Å². The molecule has 0 aliphatic rings. The van der Waals surface area contributed by atoms with E-state index in [9.17, 15) is 0 Å². The van der Waals surface area contributed by atoms with Crippen molar-refractivity contribution < 1.29 is 0 Å². The van der Waals surface area contributed by atoms with Crippen LogP contribution in [0.4, 0.5) is 0 Å². The van der Waals surface area contributed by atoms with Gasteiger partial charge in [0.25, 0.3) is 0 Å². The number of nitrogens with one attached hydrogen (secondary N) is 1. The van der Waals surface area contributed by atoms with Gasteiger partial charge in [-0.25, -0.2) is 0 Å². The maximum absolute atomic E-state index is 5.39. The summed E-state index contributed by atoms with van der Waals surface area (Å²) in [7, 11) is 0. The second-order valence-corrected chi connectivity index (χ2v) is 4.18. The number of unbranched alkanes of at least 4 members (excludes halogenated alkanes) is 6. The van der Waals surface area contributed by atoms with Gasteiger partial charge in [-0.3, -0.25) is 11.3 Å². The number of nitrogens with two attached hydrogens (primary N) is 1. The van der Waals surface area contributed by atoms with E-state index in [1.807, 2.05) is 0 Å². The zero-order valence-electron chi connectivity index (χ0n) is 10.1. The van der Waals surface area contributed by atoms with Crippen LogP contribution in [-0.2, 0) is 0 Å². The second kappa shape index (κ2) is 11.6. The van der Waals surface area contributed by atoms with Gasteiger partial charge in [-0.2, -0.15) is 0 Å². The highest BCUT2D eigenvalue weighted by atomic mass is 15.2. The lowest BCUT2D eigenvalue weighted by Gasteiger charge is -2.12. The van der Waals surface area contributed by atoms with Crippen LogP contribution >= 0.6 is 0 Å². The molecule has 15 heavy (non-hydrogen) atoms. The smallest absolute Gasteiger partial charge is 0.0319 e. The molecule has 0 amide bonds. The molecule has 0 aromatic carbocycles. The summed E-state index contributed by atoms with van der Waals surface area (Å²) < 4.78 is 0. The van der Waals surface area contributed by atoms with Crippen molar-refractivity contribution in [2.24, 2.45) is 5.84 Å². The molecule has 0 radical (unpaired) electrons. The van der Waals surface area contributed by atoms with E-state index in [2.05, 4.69) is 18.3 Å². The van der Waals surface area contributed by atoms with Gasteiger partial charge in [0.2, 0.25) is 0 Å². The van der Waals surface area contributed by atoms with Crippen LogP contribution in [0, 0.1) is 12.3 Å². The molecule has 0 rings (SSSR count). The third-order valence-corrected chi connectivity index (χ3v) is 2.76. The molecule has 3 N–H and O–H groups in total. The molecule has 0 aliphatic heterocycles. The highest BCUT2D eigenvalue weighted by Crippen LogP contribution is 2.10. The normalized spacial score (nSPS) is 12.3. The summed E-state index contributed by atoms with van der Waals surface area (Å²) in [5.41, 5.74) is 2.77. The zero-order chi connectivity index (χ0) is 11.4. The number of terminal acetylenes is 1. The van der Waals surface area contributed by atoms with Crippen LogP contribution in [0.15, 0.2) is 0 Å². The standard InChI is InChI=1S/C13H26N2/c1-3-5-6-7-8-9-10-12-13(15-14)11-4-2/h2,13,15H,3,5-12,14H2,1H3. The first-order valence-corrected chi connectivity index (χ1v) is 6.24. The van der Waals surface area contributed by atoms with Gasteiger partial charge >= 0.3 is 0 Å². The molecule has 0 bridgehead atoms. The molecular weight excluding hydrogens is 184 g/mol. The third-order valence-electron chi connectivity index (χ3n) is 2.76. The number of rotatable bonds is 10. The highest BCUT2D eigenvalue weighted by Gasteiger charge is 2.03. The van der Waals surface area contributed by atoms with Crippen molar-refractivity contribution in [3.63, 3.8) is 0 Å². The lowest BCUT2D eigenvalue weighted by molar-refractivity contribution is 0.468. The minimum Gasteiger partial charge on any atom is -0.271 e. The first-order chi connectivity index (χ1) is 7.35. The Bertz CT molecular complexity index is 160. The summed E-state index contributed by atoms with van der Waals surface area (Å²) in [5, 5.41) is 0. The van der Waals surface area contributed by atoms with Crippen LogP contribution < -0.4 is 11.3 Å². The molecule has 88 valence electrons. The fourth-order valence-electron chi connectivity index (χ4n) is 1.73. The Morgan fingerprint density at radius 1 is 1.13 bits per heavy atom. The van der Waals surface area contributed by atoms with Gasteiger partial charge in [-0.1, -0.05) is 51.9 Å². The predicted molar refractivity (Wildman–Crippen MR) is 67.2 cm³/mol.